The predicted octanol–water partition coefficient (Wildman–Crippen LogP) is 3.40. The third kappa shape index (κ3) is 3.85. The average Bonchev–Trinajstić information content (AvgIpc) is 2.53. The van der Waals surface area contributed by atoms with E-state index in [9.17, 15) is 4.79 Å². The molecule has 0 aliphatic carbocycles. The first kappa shape index (κ1) is 15.1. The molecule has 110 valence electrons. The van der Waals surface area contributed by atoms with Crippen molar-refractivity contribution >= 4 is 5.91 Å². The van der Waals surface area contributed by atoms with Crippen molar-refractivity contribution in [1.82, 2.24) is 5.32 Å². The van der Waals surface area contributed by atoms with E-state index in [1.807, 2.05) is 18.2 Å². The van der Waals surface area contributed by atoms with E-state index in [0.717, 1.165) is 5.75 Å². The van der Waals surface area contributed by atoms with Gasteiger partial charge in [-0.05, 0) is 29.8 Å². The molecular formula is C18H21NO2. The van der Waals surface area contributed by atoms with Gasteiger partial charge in [-0.2, -0.15) is 0 Å². The Morgan fingerprint density at radius 1 is 1.05 bits per heavy atom. The molecule has 3 heteroatoms. The van der Waals surface area contributed by atoms with E-state index >= 15 is 0 Å². The number of amides is 1. The Balaban J connectivity index is 2.00. The molecule has 1 amide bonds. The molecule has 0 saturated heterocycles. The highest BCUT2D eigenvalue weighted by molar-refractivity contribution is 5.94. The maximum Gasteiger partial charge on any atom is 0.251 e. The van der Waals surface area contributed by atoms with Crippen molar-refractivity contribution < 1.29 is 9.53 Å². The molecule has 21 heavy (non-hydrogen) atoms. The molecule has 1 N–H and O–H groups in total. The van der Waals surface area contributed by atoms with Gasteiger partial charge in [0, 0.05) is 17.5 Å². The lowest BCUT2D eigenvalue weighted by molar-refractivity contribution is 0.0945. The Kier molecular flexibility index (Phi) is 4.63. The Morgan fingerprint density at radius 3 is 2.24 bits per heavy atom. The lowest BCUT2D eigenvalue weighted by Gasteiger charge is -2.25. The maximum absolute atomic E-state index is 12.2. The summed E-state index contributed by atoms with van der Waals surface area (Å²) in [4.78, 5) is 12.2. The third-order valence-electron chi connectivity index (χ3n) is 3.60. The number of nitrogens with one attached hydrogen (secondary N) is 1. The summed E-state index contributed by atoms with van der Waals surface area (Å²) in [5.74, 6) is 0.679. The molecule has 0 aliphatic heterocycles. The highest BCUT2D eigenvalue weighted by Gasteiger charge is 2.21. The molecule has 2 rings (SSSR count). The van der Waals surface area contributed by atoms with Gasteiger partial charge in [-0.1, -0.05) is 44.2 Å². The van der Waals surface area contributed by atoms with Crippen LogP contribution in [0.3, 0.4) is 0 Å². The lowest BCUT2D eigenvalue weighted by Crippen LogP contribution is -2.36. The number of hydrogen-bond acceptors (Lipinski definition) is 2. The number of hydrogen-bond donors (Lipinski definition) is 1. The second-order valence-corrected chi connectivity index (χ2v) is 5.66. The number of ether oxygens (including phenoxy) is 1. The number of methoxy groups -OCH3 is 1. The normalized spacial score (nSPS) is 11.0. The van der Waals surface area contributed by atoms with E-state index in [1.54, 1.807) is 31.4 Å². The van der Waals surface area contributed by atoms with Crippen molar-refractivity contribution in [2.75, 3.05) is 13.7 Å². The number of benzene rings is 2. The summed E-state index contributed by atoms with van der Waals surface area (Å²) in [6.45, 7) is 4.83. The molecule has 0 spiro atoms. The van der Waals surface area contributed by atoms with Gasteiger partial charge in [-0.3, -0.25) is 4.79 Å². The first-order valence-corrected chi connectivity index (χ1v) is 7.01. The molecule has 3 nitrogen and oxygen atoms in total. The fourth-order valence-corrected chi connectivity index (χ4v) is 2.14. The van der Waals surface area contributed by atoms with Crippen LogP contribution in [0.4, 0.5) is 0 Å². The summed E-state index contributed by atoms with van der Waals surface area (Å²) < 4.78 is 5.09. The second kappa shape index (κ2) is 6.44. The van der Waals surface area contributed by atoms with Crippen molar-refractivity contribution in [3.63, 3.8) is 0 Å². The van der Waals surface area contributed by atoms with E-state index in [1.165, 1.54) is 5.56 Å². The van der Waals surface area contributed by atoms with Crippen molar-refractivity contribution in [2.45, 2.75) is 19.3 Å². The zero-order valence-corrected chi connectivity index (χ0v) is 12.7. The Labute approximate surface area is 126 Å². The van der Waals surface area contributed by atoms with Gasteiger partial charge in [-0.25, -0.2) is 0 Å². The zero-order chi connectivity index (χ0) is 15.3. The second-order valence-electron chi connectivity index (χ2n) is 5.66. The predicted molar refractivity (Wildman–Crippen MR) is 84.8 cm³/mol. The van der Waals surface area contributed by atoms with Crippen LogP contribution in [-0.2, 0) is 5.41 Å². The topological polar surface area (TPSA) is 38.3 Å². The van der Waals surface area contributed by atoms with Crippen LogP contribution in [0.1, 0.15) is 29.8 Å². The number of carbonyl (C=O) groups is 1. The van der Waals surface area contributed by atoms with Crippen LogP contribution in [0.5, 0.6) is 5.75 Å². The summed E-state index contributed by atoms with van der Waals surface area (Å²) in [5, 5.41) is 3.00. The first-order valence-electron chi connectivity index (χ1n) is 7.01. The molecule has 0 heterocycles. The van der Waals surface area contributed by atoms with Gasteiger partial charge < -0.3 is 10.1 Å². The SMILES string of the molecule is COc1ccc(C(=O)NCC(C)(C)c2ccccc2)cc1. The molecule has 0 atom stereocenters. The highest BCUT2D eigenvalue weighted by Crippen LogP contribution is 2.22. The molecule has 0 aromatic heterocycles. The van der Waals surface area contributed by atoms with Crippen molar-refractivity contribution in [1.29, 1.82) is 0 Å². The Morgan fingerprint density at radius 2 is 1.67 bits per heavy atom. The molecular weight excluding hydrogens is 262 g/mol. The van der Waals surface area contributed by atoms with E-state index in [4.69, 9.17) is 4.74 Å². The van der Waals surface area contributed by atoms with Crippen LogP contribution < -0.4 is 10.1 Å². The molecule has 0 radical (unpaired) electrons. The van der Waals surface area contributed by atoms with Crippen LogP contribution in [0, 0.1) is 0 Å². The minimum Gasteiger partial charge on any atom is -0.497 e. The standard InChI is InChI=1S/C18H21NO2/c1-18(2,15-7-5-4-6-8-15)13-19-17(20)14-9-11-16(21-3)12-10-14/h4-12H,13H2,1-3H3,(H,19,20). The number of carbonyl (C=O) groups excluding carboxylic acids is 1. The maximum atomic E-state index is 12.2. The summed E-state index contributed by atoms with van der Waals surface area (Å²) >= 11 is 0. The van der Waals surface area contributed by atoms with Gasteiger partial charge in [-0.15, -0.1) is 0 Å². The van der Waals surface area contributed by atoms with E-state index in [-0.39, 0.29) is 11.3 Å². The third-order valence-corrected chi connectivity index (χ3v) is 3.60. The van der Waals surface area contributed by atoms with Crippen molar-refractivity contribution in [3.8, 4) is 5.75 Å². The van der Waals surface area contributed by atoms with Gasteiger partial charge in [0.2, 0.25) is 0 Å². The summed E-state index contributed by atoms with van der Waals surface area (Å²) in [6.07, 6.45) is 0. The Bertz CT molecular complexity index is 588. The quantitative estimate of drug-likeness (QED) is 0.913. The summed E-state index contributed by atoms with van der Waals surface area (Å²) in [6, 6.07) is 17.3. The van der Waals surface area contributed by atoms with Crippen LogP contribution in [-0.4, -0.2) is 19.6 Å². The van der Waals surface area contributed by atoms with Crippen LogP contribution in [0.15, 0.2) is 54.6 Å². The monoisotopic (exact) mass is 283 g/mol. The van der Waals surface area contributed by atoms with Crippen molar-refractivity contribution in [3.05, 3.63) is 65.7 Å². The van der Waals surface area contributed by atoms with E-state index in [0.29, 0.717) is 12.1 Å². The fourth-order valence-electron chi connectivity index (χ4n) is 2.14. The minimum atomic E-state index is -0.108. The van der Waals surface area contributed by atoms with Gasteiger partial charge >= 0.3 is 0 Å². The smallest absolute Gasteiger partial charge is 0.251 e. The van der Waals surface area contributed by atoms with E-state index < -0.39 is 0 Å². The van der Waals surface area contributed by atoms with Gasteiger partial charge in [0.1, 0.15) is 5.75 Å². The lowest BCUT2D eigenvalue weighted by atomic mass is 9.84. The van der Waals surface area contributed by atoms with Gasteiger partial charge in [0.15, 0.2) is 0 Å². The molecule has 2 aromatic rings. The Hall–Kier alpha value is -2.29. The van der Waals surface area contributed by atoms with Gasteiger partial charge in [0.05, 0.1) is 7.11 Å². The average molecular weight is 283 g/mol. The highest BCUT2D eigenvalue weighted by atomic mass is 16.5. The van der Waals surface area contributed by atoms with Crippen LogP contribution in [0.2, 0.25) is 0 Å². The molecule has 0 bridgehead atoms. The minimum absolute atomic E-state index is 0.0679. The molecule has 0 unspecified atom stereocenters. The number of rotatable bonds is 5. The first-order chi connectivity index (χ1) is 10.0. The molecule has 2 aromatic carbocycles. The van der Waals surface area contributed by atoms with Crippen molar-refractivity contribution in [2.24, 2.45) is 0 Å². The molecule has 0 fully saturated rings. The summed E-state index contributed by atoms with van der Waals surface area (Å²) in [7, 11) is 1.61. The zero-order valence-electron chi connectivity index (χ0n) is 12.7. The fraction of sp³-hybridized carbons (Fsp3) is 0.278. The molecule has 0 saturated carbocycles. The van der Waals surface area contributed by atoms with E-state index in [2.05, 4.69) is 31.3 Å². The largest absolute Gasteiger partial charge is 0.497 e. The van der Waals surface area contributed by atoms with Crippen LogP contribution >= 0.6 is 0 Å². The molecule has 0 aliphatic rings. The van der Waals surface area contributed by atoms with Crippen LogP contribution in [0.25, 0.3) is 0 Å². The van der Waals surface area contributed by atoms with Gasteiger partial charge in [0.25, 0.3) is 5.91 Å². The summed E-state index contributed by atoms with van der Waals surface area (Å²) in [5.41, 5.74) is 1.74.